The molecule has 0 atom stereocenters. The van der Waals surface area contributed by atoms with Crippen molar-refractivity contribution in [3.63, 3.8) is 0 Å². The molecule has 0 saturated carbocycles. The summed E-state index contributed by atoms with van der Waals surface area (Å²) in [6, 6.07) is 30.0. The van der Waals surface area contributed by atoms with Crippen LogP contribution in [0.3, 0.4) is 0 Å². The van der Waals surface area contributed by atoms with E-state index in [0.717, 1.165) is 39.2 Å². The standard InChI is InChI=1S/C17H12FN2.C11H8N.Ir/c1-12-9-17(13-4-6-15(18)7-5-13)20-11-16(12)14-3-2-8-19-10-14;1-2-6-10(7-3-1)11-8-4-5-9-12-11;/h2-4,6-11H,1H3;1-6,8-9H;/q2*-1;. The van der Waals surface area contributed by atoms with Gasteiger partial charge in [0.1, 0.15) is 0 Å². The Balaban J connectivity index is 0.000000202. The predicted octanol–water partition coefficient (Wildman–Crippen LogP) is 6.60. The molecule has 3 aromatic heterocycles. The molecule has 0 unspecified atom stereocenters. The zero-order valence-corrected chi connectivity index (χ0v) is 20.3. The number of nitrogens with zero attached hydrogens (tertiary/aromatic N) is 3. The molecular weight excluding hydrogens is 590 g/mol. The first-order valence-electron chi connectivity index (χ1n) is 10.1. The molecule has 3 heterocycles. The molecule has 5 aromatic rings. The Morgan fingerprint density at radius 1 is 0.758 bits per heavy atom. The molecule has 2 aromatic carbocycles. The topological polar surface area (TPSA) is 38.7 Å². The number of hydrogen-bond acceptors (Lipinski definition) is 3. The number of pyridine rings is 3. The molecule has 33 heavy (non-hydrogen) atoms. The Morgan fingerprint density at radius 2 is 1.61 bits per heavy atom. The number of rotatable bonds is 3. The van der Waals surface area contributed by atoms with Crippen LogP contribution in [0.1, 0.15) is 5.56 Å². The molecule has 0 aliphatic heterocycles. The van der Waals surface area contributed by atoms with E-state index in [1.807, 2.05) is 80.0 Å². The summed E-state index contributed by atoms with van der Waals surface area (Å²) in [7, 11) is 0. The molecule has 3 nitrogen and oxygen atoms in total. The van der Waals surface area contributed by atoms with Crippen LogP contribution < -0.4 is 0 Å². The molecular formula is C28H20FIrN3-2. The third-order valence-corrected chi connectivity index (χ3v) is 4.78. The summed E-state index contributed by atoms with van der Waals surface area (Å²) in [4.78, 5) is 12.8. The molecule has 0 aliphatic carbocycles. The van der Waals surface area contributed by atoms with Crippen LogP contribution in [-0.4, -0.2) is 15.0 Å². The minimum atomic E-state index is -0.294. The van der Waals surface area contributed by atoms with Crippen LogP contribution in [0, 0.1) is 24.9 Å². The van der Waals surface area contributed by atoms with Gasteiger partial charge < -0.3 is 9.97 Å². The van der Waals surface area contributed by atoms with E-state index < -0.39 is 0 Å². The minimum Gasteiger partial charge on any atom is -0.305 e. The monoisotopic (exact) mass is 610 g/mol. The van der Waals surface area contributed by atoms with Gasteiger partial charge >= 0.3 is 0 Å². The normalized spacial score (nSPS) is 9.88. The van der Waals surface area contributed by atoms with Gasteiger partial charge in [0.2, 0.25) is 0 Å². The number of aryl methyl sites for hydroxylation is 1. The average Bonchev–Trinajstić information content (AvgIpc) is 2.86. The van der Waals surface area contributed by atoms with E-state index >= 15 is 0 Å². The second-order valence-corrected chi connectivity index (χ2v) is 7.04. The molecule has 1 radical (unpaired) electrons. The van der Waals surface area contributed by atoms with Gasteiger partial charge in [-0.3, -0.25) is 9.37 Å². The van der Waals surface area contributed by atoms with Crippen molar-refractivity contribution in [2.24, 2.45) is 0 Å². The van der Waals surface area contributed by atoms with Crippen molar-refractivity contribution < 1.29 is 24.5 Å². The van der Waals surface area contributed by atoms with Gasteiger partial charge in [0, 0.05) is 61.8 Å². The van der Waals surface area contributed by atoms with Gasteiger partial charge in [0.15, 0.2) is 0 Å². The van der Waals surface area contributed by atoms with Gasteiger partial charge in [-0.25, -0.2) is 0 Å². The maximum atomic E-state index is 12.9. The molecule has 0 bridgehead atoms. The molecule has 0 spiro atoms. The van der Waals surface area contributed by atoms with E-state index in [9.17, 15) is 4.39 Å². The fraction of sp³-hybridized carbons (Fsp3) is 0.0357. The largest absolute Gasteiger partial charge is 0.305 e. The fourth-order valence-electron chi connectivity index (χ4n) is 3.17. The first kappa shape index (κ1) is 24.1. The quantitative estimate of drug-likeness (QED) is 0.216. The van der Waals surface area contributed by atoms with Crippen molar-refractivity contribution in [2.75, 3.05) is 0 Å². The molecule has 0 fully saturated rings. The van der Waals surface area contributed by atoms with E-state index in [0.29, 0.717) is 0 Å². The summed E-state index contributed by atoms with van der Waals surface area (Å²) in [6.07, 6.45) is 7.16. The number of benzene rings is 2. The summed E-state index contributed by atoms with van der Waals surface area (Å²) < 4.78 is 12.9. The van der Waals surface area contributed by atoms with Crippen LogP contribution >= 0.6 is 0 Å². The Labute approximate surface area is 206 Å². The van der Waals surface area contributed by atoms with Crippen LogP contribution in [0.2, 0.25) is 0 Å². The number of halogens is 1. The first-order valence-corrected chi connectivity index (χ1v) is 10.1. The first-order chi connectivity index (χ1) is 15.7. The van der Waals surface area contributed by atoms with Crippen molar-refractivity contribution in [2.45, 2.75) is 6.92 Å². The molecule has 165 valence electrons. The van der Waals surface area contributed by atoms with E-state index in [4.69, 9.17) is 0 Å². The second kappa shape index (κ2) is 11.9. The Hall–Kier alpha value is -3.53. The zero-order chi connectivity index (χ0) is 22.2. The second-order valence-electron chi connectivity index (χ2n) is 7.04. The summed E-state index contributed by atoms with van der Waals surface area (Å²) in [5, 5.41) is 0. The summed E-state index contributed by atoms with van der Waals surface area (Å²) in [5.41, 5.74) is 6.76. The van der Waals surface area contributed by atoms with Gasteiger partial charge in [0.25, 0.3) is 0 Å². The van der Waals surface area contributed by atoms with Gasteiger partial charge in [-0.15, -0.1) is 65.7 Å². The maximum Gasteiger partial charge on any atom is 0.0379 e. The van der Waals surface area contributed by atoms with Crippen molar-refractivity contribution in [3.05, 3.63) is 127 Å². The number of aromatic nitrogens is 3. The zero-order valence-electron chi connectivity index (χ0n) is 17.9. The molecule has 0 saturated heterocycles. The van der Waals surface area contributed by atoms with E-state index in [2.05, 4.69) is 27.1 Å². The van der Waals surface area contributed by atoms with Crippen molar-refractivity contribution in [3.8, 4) is 33.6 Å². The molecule has 5 heteroatoms. The third kappa shape index (κ3) is 6.48. The van der Waals surface area contributed by atoms with Gasteiger partial charge in [-0.2, -0.15) is 0 Å². The van der Waals surface area contributed by atoms with Crippen LogP contribution in [0.5, 0.6) is 0 Å². The molecule has 0 amide bonds. The SMILES string of the molecule is Cc1cc(-c2[c-]cc(F)cc2)ncc1-c1cccnc1.[Ir].[c-]1ccccc1-c1ccccn1. The van der Waals surface area contributed by atoms with Gasteiger partial charge in [-0.05, 0) is 36.0 Å². The smallest absolute Gasteiger partial charge is 0.0379 e. The Bertz CT molecular complexity index is 1230. The number of hydrogen-bond donors (Lipinski definition) is 0. The Kier molecular flexibility index (Phi) is 8.70. The minimum absolute atomic E-state index is 0. The van der Waals surface area contributed by atoms with Gasteiger partial charge in [0.05, 0.1) is 0 Å². The van der Waals surface area contributed by atoms with Crippen molar-refractivity contribution >= 4 is 0 Å². The summed E-state index contributed by atoms with van der Waals surface area (Å²) >= 11 is 0. The van der Waals surface area contributed by atoms with Crippen LogP contribution in [0.15, 0.2) is 104 Å². The maximum absolute atomic E-state index is 12.9. The Morgan fingerprint density at radius 3 is 2.24 bits per heavy atom. The van der Waals surface area contributed by atoms with Gasteiger partial charge in [-0.1, -0.05) is 24.3 Å². The van der Waals surface area contributed by atoms with Crippen LogP contribution in [0.25, 0.3) is 33.6 Å². The molecule has 0 N–H and O–H groups in total. The fourth-order valence-corrected chi connectivity index (χ4v) is 3.17. The van der Waals surface area contributed by atoms with E-state index in [1.165, 1.54) is 12.1 Å². The molecule has 0 aliphatic rings. The summed E-state index contributed by atoms with van der Waals surface area (Å²) in [6.45, 7) is 2.02. The third-order valence-electron chi connectivity index (χ3n) is 4.78. The predicted molar refractivity (Wildman–Crippen MR) is 125 cm³/mol. The van der Waals surface area contributed by atoms with E-state index in [1.54, 1.807) is 18.5 Å². The van der Waals surface area contributed by atoms with Crippen molar-refractivity contribution in [1.82, 2.24) is 15.0 Å². The van der Waals surface area contributed by atoms with Crippen LogP contribution in [0.4, 0.5) is 4.39 Å². The van der Waals surface area contributed by atoms with Crippen molar-refractivity contribution in [1.29, 1.82) is 0 Å². The van der Waals surface area contributed by atoms with E-state index in [-0.39, 0.29) is 25.9 Å². The summed E-state index contributed by atoms with van der Waals surface area (Å²) in [5.74, 6) is -0.294. The molecule has 5 rings (SSSR count). The van der Waals surface area contributed by atoms with Crippen LogP contribution in [-0.2, 0) is 20.1 Å². The average molecular weight is 610 g/mol.